The Bertz CT molecular complexity index is 1240. The highest BCUT2D eigenvalue weighted by molar-refractivity contribution is 6.35. The third kappa shape index (κ3) is 3.83. The van der Waals surface area contributed by atoms with E-state index in [4.69, 9.17) is 32.7 Å². The number of hydrogen-bond acceptors (Lipinski definition) is 5. The summed E-state index contributed by atoms with van der Waals surface area (Å²) in [7, 11) is 0. The minimum absolute atomic E-state index is 0.175. The van der Waals surface area contributed by atoms with E-state index in [0.717, 1.165) is 17.0 Å². The van der Waals surface area contributed by atoms with E-state index < -0.39 is 0 Å². The number of benzene rings is 2. The predicted octanol–water partition coefficient (Wildman–Crippen LogP) is 5.36. The van der Waals surface area contributed by atoms with Crippen LogP contribution in [-0.4, -0.2) is 29.6 Å². The Morgan fingerprint density at radius 3 is 2.34 bits per heavy atom. The maximum atomic E-state index is 13.1. The monoisotopic (exact) mass is 510 g/mol. The zero-order chi connectivity index (χ0) is 24.3. The molecule has 6 atom stereocenters. The van der Waals surface area contributed by atoms with Crippen molar-refractivity contribution in [1.82, 2.24) is 5.01 Å². The number of halogens is 2. The number of rotatable bonds is 7. The van der Waals surface area contributed by atoms with Crippen LogP contribution in [0.15, 0.2) is 53.7 Å². The molecule has 2 aromatic rings. The van der Waals surface area contributed by atoms with E-state index in [1.54, 1.807) is 24.3 Å². The molecule has 2 bridgehead atoms. The molecule has 0 spiro atoms. The van der Waals surface area contributed by atoms with Crippen molar-refractivity contribution >= 4 is 41.2 Å². The number of hydrogen-bond donors (Lipinski definition) is 0. The van der Waals surface area contributed by atoms with E-state index in [-0.39, 0.29) is 42.1 Å². The zero-order valence-corrected chi connectivity index (χ0v) is 20.6. The molecule has 0 unspecified atom stereocenters. The minimum Gasteiger partial charge on any atom is -0.490 e. The Morgan fingerprint density at radius 1 is 0.971 bits per heavy atom. The maximum Gasteiger partial charge on any atom is 0.254 e. The van der Waals surface area contributed by atoms with E-state index in [2.05, 4.69) is 17.3 Å². The van der Waals surface area contributed by atoms with Crippen LogP contribution >= 0.6 is 23.2 Å². The van der Waals surface area contributed by atoms with Gasteiger partial charge in [-0.25, -0.2) is 0 Å². The summed E-state index contributed by atoms with van der Waals surface area (Å²) in [4.78, 5) is 26.2. The Labute approximate surface area is 213 Å². The van der Waals surface area contributed by atoms with Crippen molar-refractivity contribution in [2.75, 3.05) is 6.61 Å². The lowest BCUT2D eigenvalue weighted by Gasteiger charge is -2.37. The third-order valence-electron chi connectivity index (χ3n) is 7.63. The summed E-state index contributed by atoms with van der Waals surface area (Å²) in [5, 5.41) is 6.49. The highest BCUT2D eigenvalue weighted by Crippen LogP contribution is 2.65. The Kier molecular flexibility index (Phi) is 5.61. The van der Waals surface area contributed by atoms with Crippen LogP contribution in [0, 0.1) is 35.5 Å². The first-order valence-corrected chi connectivity index (χ1v) is 12.7. The number of allylic oxidation sites excluding steroid dienone is 2. The van der Waals surface area contributed by atoms with Crippen molar-refractivity contribution in [2.24, 2.45) is 40.6 Å². The smallest absolute Gasteiger partial charge is 0.254 e. The zero-order valence-electron chi connectivity index (χ0n) is 19.1. The van der Waals surface area contributed by atoms with Gasteiger partial charge in [-0.3, -0.25) is 9.59 Å². The summed E-state index contributed by atoms with van der Waals surface area (Å²) < 4.78 is 11.7. The number of carbonyl (C=O) groups excluding carboxylic acids is 2. The van der Waals surface area contributed by atoms with Gasteiger partial charge in [-0.2, -0.15) is 10.1 Å². The van der Waals surface area contributed by atoms with Gasteiger partial charge in [0.2, 0.25) is 0 Å². The fraction of sp³-hybridized carbons (Fsp3) is 0.370. The number of hydrazone groups is 1. The summed E-state index contributed by atoms with van der Waals surface area (Å²) in [6.45, 7) is 2.58. The minimum atomic E-state index is -0.257. The van der Waals surface area contributed by atoms with Gasteiger partial charge in [-0.05, 0) is 72.9 Å². The molecular weight excluding hydrogens is 487 g/mol. The summed E-state index contributed by atoms with van der Waals surface area (Å²) in [6.07, 6.45) is 6.98. The lowest BCUT2D eigenvalue weighted by molar-refractivity contribution is -0.140. The summed E-state index contributed by atoms with van der Waals surface area (Å²) in [5.74, 6) is 1.72. The van der Waals surface area contributed by atoms with Crippen molar-refractivity contribution in [2.45, 2.75) is 20.0 Å². The molecule has 5 aliphatic rings. The Balaban J connectivity index is 1.19. The molecule has 2 aromatic carbocycles. The van der Waals surface area contributed by atoms with E-state index in [0.29, 0.717) is 45.6 Å². The average molecular weight is 511 g/mol. The molecule has 35 heavy (non-hydrogen) atoms. The Morgan fingerprint density at radius 2 is 1.69 bits per heavy atom. The van der Waals surface area contributed by atoms with Crippen molar-refractivity contribution in [3.8, 4) is 11.5 Å². The molecule has 8 heteroatoms. The molecular formula is C27H24Cl2N2O4. The topological polar surface area (TPSA) is 68.2 Å². The number of ether oxygens (including phenoxy) is 2. The normalized spacial score (nSPS) is 30.1. The van der Waals surface area contributed by atoms with Gasteiger partial charge in [0.1, 0.15) is 6.61 Å². The molecule has 7 rings (SSSR count). The van der Waals surface area contributed by atoms with Crippen LogP contribution in [0.2, 0.25) is 10.0 Å². The first kappa shape index (κ1) is 22.6. The van der Waals surface area contributed by atoms with Crippen LogP contribution in [0.3, 0.4) is 0 Å². The van der Waals surface area contributed by atoms with Gasteiger partial charge in [0.25, 0.3) is 11.8 Å². The molecule has 1 heterocycles. The number of amides is 2. The van der Waals surface area contributed by atoms with Crippen LogP contribution in [-0.2, 0) is 16.2 Å². The van der Waals surface area contributed by atoms with Gasteiger partial charge in [0.05, 0.1) is 24.7 Å². The fourth-order valence-corrected chi connectivity index (χ4v) is 6.43. The molecule has 2 amide bonds. The predicted molar refractivity (Wildman–Crippen MR) is 133 cm³/mol. The van der Waals surface area contributed by atoms with Gasteiger partial charge in [0.15, 0.2) is 11.5 Å². The lowest BCUT2D eigenvalue weighted by Crippen LogP contribution is -2.40. The molecule has 0 radical (unpaired) electrons. The first-order valence-electron chi connectivity index (χ1n) is 11.9. The van der Waals surface area contributed by atoms with Crippen molar-refractivity contribution in [3.05, 3.63) is 69.7 Å². The highest BCUT2D eigenvalue weighted by Gasteiger charge is 2.67. The second-order valence-corrected chi connectivity index (χ2v) is 10.4. The summed E-state index contributed by atoms with van der Waals surface area (Å²) in [6, 6.07) is 10.6. The average Bonchev–Trinajstić information content (AvgIpc) is 3.63. The molecule has 0 aromatic heterocycles. The molecule has 180 valence electrons. The second kappa shape index (κ2) is 8.68. The molecule has 1 aliphatic heterocycles. The van der Waals surface area contributed by atoms with Crippen LogP contribution < -0.4 is 9.47 Å². The molecule has 3 fully saturated rings. The SMILES string of the molecule is CCOc1cc(C=NN2C(=O)[C@@H]3[C@H]4C=C[C@@H]([C@@H]5C[C@H]45)[C@@H]3C2=O)ccc1OCc1ccc(Cl)cc1Cl. The van der Waals surface area contributed by atoms with Crippen LogP contribution in [0.25, 0.3) is 0 Å². The van der Waals surface area contributed by atoms with E-state index in [1.165, 1.54) is 6.21 Å². The van der Waals surface area contributed by atoms with Gasteiger partial charge in [-0.15, -0.1) is 0 Å². The lowest BCUT2D eigenvalue weighted by atomic mass is 9.63. The van der Waals surface area contributed by atoms with Gasteiger partial charge < -0.3 is 9.47 Å². The molecule has 6 nitrogen and oxygen atoms in total. The number of imide groups is 1. The van der Waals surface area contributed by atoms with Gasteiger partial charge in [0, 0.05) is 15.6 Å². The summed E-state index contributed by atoms with van der Waals surface area (Å²) in [5.41, 5.74) is 1.50. The number of carbonyl (C=O) groups is 2. The van der Waals surface area contributed by atoms with Crippen molar-refractivity contribution in [1.29, 1.82) is 0 Å². The molecule has 0 N–H and O–H groups in total. The van der Waals surface area contributed by atoms with Gasteiger partial charge >= 0.3 is 0 Å². The molecule has 2 saturated carbocycles. The number of nitrogens with zero attached hydrogens (tertiary/aromatic N) is 2. The second-order valence-electron chi connectivity index (χ2n) is 9.55. The van der Waals surface area contributed by atoms with E-state index >= 15 is 0 Å². The van der Waals surface area contributed by atoms with Crippen LogP contribution in [0.5, 0.6) is 11.5 Å². The molecule has 4 aliphatic carbocycles. The third-order valence-corrected chi connectivity index (χ3v) is 8.21. The maximum absolute atomic E-state index is 13.1. The van der Waals surface area contributed by atoms with Gasteiger partial charge in [-0.1, -0.05) is 41.4 Å². The van der Waals surface area contributed by atoms with Crippen molar-refractivity contribution in [3.63, 3.8) is 0 Å². The highest BCUT2D eigenvalue weighted by atomic mass is 35.5. The fourth-order valence-electron chi connectivity index (χ4n) is 5.97. The van der Waals surface area contributed by atoms with Crippen molar-refractivity contribution < 1.29 is 19.1 Å². The Hall–Kier alpha value is -2.83. The van der Waals surface area contributed by atoms with Crippen LogP contribution in [0.4, 0.5) is 0 Å². The quantitative estimate of drug-likeness (QED) is 0.285. The standard InChI is InChI=1S/C27H24Cl2N2O4/c1-2-34-23-9-14(3-8-22(23)35-13-15-4-5-16(28)10-21(15)29)12-30-31-26(32)24-17-6-7-18(20-11-19(17)20)25(24)27(31)33/h3-10,12,17-20,24-25H,2,11,13H2,1H3/t17-,18-,19-,20+,24-,25+/m0/s1. The van der Waals surface area contributed by atoms with E-state index in [9.17, 15) is 9.59 Å². The largest absolute Gasteiger partial charge is 0.490 e. The van der Waals surface area contributed by atoms with E-state index in [1.807, 2.05) is 19.1 Å². The first-order chi connectivity index (χ1) is 17.0. The van der Waals surface area contributed by atoms with Crippen LogP contribution in [0.1, 0.15) is 24.5 Å². The summed E-state index contributed by atoms with van der Waals surface area (Å²) >= 11 is 12.2. The molecule has 1 saturated heterocycles.